The first-order valence-electron chi connectivity index (χ1n) is 6.10. The van der Waals surface area contributed by atoms with Crippen LogP contribution < -0.4 is 11.1 Å². The molecule has 4 nitrogen and oxygen atoms in total. The first-order valence-corrected chi connectivity index (χ1v) is 6.92. The monoisotopic (exact) mass is 275 g/mol. The molecule has 0 aliphatic carbocycles. The molecule has 0 aliphatic rings. The van der Waals surface area contributed by atoms with Gasteiger partial charge in [0.05, 0.1) is 24.3 Å². The van der Waals surface area contributed by atoms with E-state index < -0.39 is 0 Å². The molecule has 2 aromatic heterocycles. The first kappa shape index (κ1) is 13.5. The Hall–Kier alpha value is -1.88. The molecule has 1 unspecified atom stereocenters. The Morgan fingerprint density at radius 2 is 2.21 bits per heavy atom. The Morgan fingerprint density at radius 3 is 2.79 bits per heavy atom. The van der Waals surface area contributed by atoms with Gasteiger partial charge in [-0.25, -0.2) is 0 Å². The second-order valence-corrected chi connectivity index (χ2v) is 5.82. The van der Waals surface area contributed by atoms with Crippen LogP contribution in [0.2, 0.25) is 0 Å². The van der Waals surface area contributed by atoms with Crippen LogP contribution in [0.5, 0.6) is 0 Å². The molecule has 0 aromatic carbocycles. The average molecular weight is 275 g/mol. The van der Waals surface area contributed by atoms with E-state index in [2.05, 4.69) is 23.3 Å². The molecule has 1 atom stereocenters. The largest absolute Gasteiger partial charge is 0.397 e. The summed E-state index contributed by atoms with van der Waals surface area (Å²) in [5.41, 5.74) is 6.88. The number of aromatic nitrogens is 1. The number of hydrogen-bond donors (Lipinski definition) is 2. The predicted molar refractivity (Wildman–Crippen MR) is 78.0 cm³/mol. The van der Waals surface area contributed by atoms with Gasteiger partial charge in [-0.1, -0.05) is 0 Å². The number of nitrogens with one attached hydrogen (secondary N) is 1. The molecule has 100 valence electrons. The summed E-state index contributed by atoms with van der Waals surface area (Å²) in [7, 11) is 0. The lowest BCUT2D eigenvalue weighted by Gasteiger charge is -2.12. The van der Waals surface area contributed by atoms with E-state index in [0.717, 1.165) is 10.6 Å². The molecule has 2 rings (SSSR count). The van der Waals surface area contributed by atoms with Gasteiger partial charge in [0.2, 0.25) is 5.91 Å². The topological polar surface area (TPSA) is 68.0 Å². The molecule has 2 heterocycles. The molecule has 0 radical (unpaired) electrons. The van der Waals surface area contributed by atoms with Crippen LogP contribution >= 0.6 is 11.3 Å². The van der Waals surface area contributed by atoms with Gasteiger partial charge in [0, 0.05) is 15.4 Å². The van der Waals surface area contributed by atoms with Crippen molar-refractivity contribution in [1.29, 1.82) is 0 Å². The lowest BCUT2D eigenvalue weighted by atomic mass is 10.2. The number of nitrogens with zero attached hydrogens (tertiary/aromatic N) is 1. The molecule has 0 aliphatic heterocycles. The van der Waals surface area contributed by atoms with Crippen LogP contribution in [0.4, 0.5) is 5.69 Å². The summed E-state index contributed by atoms with van der Waals surface area (Å²) >= 11 is 1.70. The van der Waals surface area contributed by atoms with Crippen LogP contribution in [0.3, 0.4) is 0 Å². The maximum atomic E-state index is 11.9. The Morgan fingerprint density at radius 1 is 1.42 bits per heavy atom. The van der Waals surface area contributed by atoms with E-state index in [9.17, 15) is 4.79 Å². The quantitative estimate of drug-likeness (QED) is 0.900. The average Bonchev–Trinajstić information content (AvgIpc) is 2.79. The Bertz CT molecular complexity index is 562. The van der Waals surface area contributed by atoms with Crippen LogP contribution in [0.25, 0.3) is 0 Å². The summed E-state index contributed by atoms with van der Waals surface area (Å²) < 4.78 is 0. The van der Waals surface area contributed by atoms with Crippen LogP contribution in [0, 0.1) is 6.92 Å². The summed E-state index contributed by atoms with van der Waals surface area (Å²) in [6, 6.07) is 7.66. The lowest BCUT2D eigenvalue weighted by molar-refractivity contribution is -0.121. The molecule has 2 aromatic rings. The number of thiophene rings is 1. The van der Waals surface area contributed by atoms with E-state index in [4.69, 9.17) is 5.73 Å². The van der Waals surface area contributed by atoms with Crippen LogP contribution in [0.15, 0.2) is 30.5 Å². The van der Waals surface area contributed by atoms with Gasteiger partial charge in [0.15, 0.2) is 0 Å². The summed E-state index contributed by atoms with van der Waals surface area (Å²) in [5.74, 6) is -0.0316. The molecular weight excluding hydrogens is 258 g/mol. The van der Waals surface area contributed by atoms with Gasteiger partial charge in [-0.2, -0.15) is 0 Å². The molecule has 5 heteroatoms. The van der Waals surface area contributed by atoms with Crippen molar-refractivity contribution in [2.45, 2.75) is 26.3 Å². The molecule has 0 bridgehead atoms. The van der Waals surface area contributed by atoms with E-state index >= 15 is 0 Å². The molecule has 3 N–H and O–H groups in total. The first-order chi connectivity index (χ1) is 9.04. The van der Waals surface area contributed by atoms with Gasteiger partial charge in [0.25, 0.3) is 0 Å². The van der Waals surface area contributed by atoms with Gasteiger partial charge in [-0.3, -0.25) is 9.78 Å². The van der Waals surface area contributed by atoms with Gasteiger partial charge >= 0.3 is 0 Å². The smallest absolute Gasteiger partial charge is 0.226 e. The van der Waals surface area contributed by atoms with Crippen LogP contribution in [0.1, 0.15) is 28.4 Å². The minimum atomic E-state index is -0.0316. The van der Waals surface area contributed by atoms with Crippen molar-refractivity contribution < 1.29 is 4.79 Å². The Kier molecular flexibility index (Phi) is 4.16. The summed E-state index contributed by atoms with van der Waals surface area (Å²) in [4.78, 5) is 18.4. The van der Waals surface area contributed by atoms with E-state index in [0.29, 0.717) is 5.69 Å². The van der Waals surface area contributed by atoms with E-state index in [-0.39, 0.29) is 18.4 Å². The van der Waals surface area contributed by atoms with Crippen LogP contribution in [-0.4, -0.2) is 10.9 Å². The van der Waals surface area contributed by atoms with Gasteiger partial charge in [-0.05, 0) is 38.1 Å². The third-order valence-corrected chi connectivity index (χ3v) is 3.94. The summed E-state index contributed by atoms with van der Waals surface area (Å²) in [6.07, 6.45) is 1.84. The van der Waals surface area contributed by atoms with Crippen LogP contribution in [-0.2, 0) is 11.2 Å². The SMILES string of the molecule is Cc1ccc(C(C)NC(=O)Cc2ccc(N)cn2)s1. The Balaban J connectivity index is 1.92. The fourth-order valence-electron chi connectivity index (χ4n) is 1.75. The molecule has 1 amide bonds. The summed E-state index contributed by atoms with van der Waals surface area (Å²) in [5, 5.41) is 2.97. The zero-order valence-electron chi connectivity index (χ0n) is 11.0. The highest BCUT2D eigenvalue weighted by molar-refractivity contribution is 7.12. The number of amides is 1. The minimum Gasteiger partial charge on any atom is -0.397 e. The zero-order chi connectivity index (χ0) is 13.8. The standard InChI is InChI=1S/C14H17N3OS/c1-9-3-6-13(19-9)10(2)17-14(18)7-12-5-4-11(15)8-16-12/h3-6,8,10H,7,15H2,1-2H3,(H,17,18). The van der Waals surface area contributed by atoms with Crippen molar-refractivity contribution >= 4 is 22.9 Å². The van der Waals surface area contributed by atoms with E-state index in [1.165, 1.54) is 4.88 Å². The second-order valence-electron chi connectivity index (χ2n) is 4.50. The number of anilines is 1. The number of pyridine rings is 1. The van der Waals surface area contributed by atoms with Crippen molar-refractivity contribution in [3.05, 3.63) is 45.9 Å². The highest BCUT2D eigenvalue weighted by atomic mass is 32.1. The summed E-state index contributed by atoms with van der Waals surface area (Å²) in [6.45, 7) is 4.04. The van der Waals surface area contributed by atoms with Crippen molar-refractivity contribution in [2.75, 3.05) is 5.73 Å². The maximum Gasteiger partial charge on any atom is 0.226 e. The number of hydrogen-bond acceptors (Lipinski definition) is 4. The molecule has 0 saturated carbocycles. The zero-order valence-corrected chi connectivity index (χ0v) is 11.8. The van der Waals surface area contributed by atoms with Crippen molar-refractivity contribution in [3.63, 3.8) is 0 Å². The fraction of sp³-hybridized carbons (Fsp3) is 0.286. The van der Waals surface area contributed by atoms with Crippen molar-refractivity contribution in [1.82, 2.24) is 10.3 Å². The van der Waals surface area contributed by atoms with E-state index in [1.807, 2.05) is 13.0 Å². The third-order valence-electron chi connectivity index (χ3n) is 2.75. The number of carbonyl (C=O) groups excluding carboxylic acids is 1. The molecular formula is C14H17N3OS. The van der Waals surface area contributed by atoms with Gasteiger partial charge in [0.1, 0.15) is 0 Å². The highest BCUT2D eigenvalue weighted by Crippen LogP contribution is 2.22. The number of nitrogens with two attached hydrogens (primary N) is 1. The number of nitrogen functional groups attached to an aromatic ring is 1. The molecule has 0 spiro atoms. The minimum absolute atomic E-state index is 0.0278. The number of carbonyl (C=O) groups is 1. The van der Waals surface area contributed by atoms with E-state index in [1.54, 1.807) is 29.7 Å². The number of aryl methyl sites for hydroxylation is 1. The Labute approximate surface area is 116 Å². The molecule has 19 heavy (non-hydrogen) atoms. The van der Waals surface area contributed by atoms with Gasteiger partial charge < -0.3 is 11.1 Å². The van der Waals surface area contributed by atoms with Gasteiger partial charge in [-0.15, -0.1) is 11.3 Å². The normalized spacial score (nSPS) is 12.1. The third kappa shape index (κ3) is 3.79. The molecule has 0 fully saturated rings. The maximum absolute atomic E-state index is 11.9. The van der Waals surface area contributed by atoms with Crippen molar-refractivity contribution in [2.24, 2.45) is 0 Å². The predicted octanol–water partition coefficient (Wildman–Crippen LogP) is 2.45. The lowest BCUT2D eigenvalue weighted by Crippen LogP contribution is -2.27. The fourth-order valence-corrected chi connectivity index (χ4v) is 2.63. The molecule has 0 saturated heterocycles. The number of rotatable bonds is 4. The van der Waals surface area contributed by atoms with Crippen molar-refractivity contribution in [3.8, 4) is 0 Å². The highest BCUT2D eigenvalue weighted by Gasteiger charge is 2.12. The second kappa shape index (κ2) is 5.84.